The molecule has 0 aliphatic heterocycles. The van der Waals surface area contributed by atoms with Gasteiger partial charge < -0.3 is 10.1 Å². The van der Waals surface area contributed by atoms with Crippen molar-refractivity contribution in [2.24, 2.45) is 5.10 Å². The maximum atomic E-state index is 11.8. The second-order valence-electron chi connectivity index (χ2n) is 4.84. The van der Waals surface area contributed by atoms with Crippen molar-refractivity contribution in [3.8, 4) is 5.75 Å². The minimum absolute atomic E-state index is 0.0906. The third-order valence-electron chi connectivity index (χ3n) is 3.09. The fourth-order valence-corrected chi connectivity index (χ4v) is 3.02. The molecule has 0 atom stereocenters. The Bertz CT molecular complexity index is 877. The summed E-state index contributed by atoms with van der Waals surface area (Å²) in [5.74, 6) is 0.0146. The molecule has 1 amide bonds. The summed E-state index contributed by atoms with van der Waals surface area (Å²) in [4.78, 5) is 19.3. The third-order valence-corrected chi connectivity index (χ3v) is 4.46. The summed E-state index contributed by atoms with van der Waals surface area (Å²) >= 11 is 4.61. The number of phenols is 1. The number of hydrogen-bond donors (Lipinski definition) is 3. The lowest BCUT2D eigenvalue weighted by atomic mass is 10.2. The topological polar surface area (TPSA) is 90.4 Å². The molecule has 3 N–H and O–H groups in total. The molecule has 3 rings (SSSR count). The Morgan fingerprint density at radius 1 is 1.38 bits per heavy atom. The number of imidazole rings is 1. The van der Waals surface area contributed by atoms with Gasteiger partial charge in [0.05, 0.1) is 23.0 Å². The Balaban J connectivity index is 1.54. The molecule has 8 heteroatoms. The van der Waals surface area contributed by atoms with Crippen LogP contribution in [0.2, 0.25) is 0 Å². The molecule has 0 saturated carbocycles. The molecule has 24 heavy (non-hydrogen) atoms. The Kier molecular flexibility index (Phi) is 5.17. The predicted octanol–water partition coefficient (Wildman–Crippen LogP) is 3.27. The number of nitrogens with one attached hydrogen (secondary N) is 2. The van der Waals surface area contributed by atoms with Crippen LogP contribution in [-0.4, -0.2) is 32.9 Å². The minimum atomic E-state index is -0.258. The van der Waals surface area contributed by atoms with Crippen LogP contribution in [0.1, 0.15) is 5.56 Å². The highest BCUT2D eigenvalue weighted by molar-refractivity contribution is 9.10. The molecule has 6 nitrogen and oxygen atoms in total. The van der Waals surface area contributed by atoms with Crippen LogP contribution in [0.5, 0.6) is 5.75 Å². The van der Waals surface area contributed by atoms with Crippen LogP contribution in [0.3, 0.4) is 0 Å². The number of rotatable bonds is 5. The molecule has 0 unspecified atom stereocenters. The number of carbonyl (C=O) groups is 1. The van der Waals surface area contributed by atoms with E-state index in [1.165, 1.54) is 18.0 Å². The van der Waals surface area contributed by atoms with Gasteiger partial charge in [0.2, 0.25) is 0 Å². The first kappa shape index (κ1) is 16.5. The SMILES string of the molecule is O=C(CSc1nc2ccccc2[nH]1)N/N=C\c1cc(Br)ccc1O. The van der Waals surface area contributed by atoms with Crippen molar-refractivity contribution in [1.82, 2.24) is 15.4 Å². The van der Waals surface area contributed by atoms with Crippen LogP contribution in [0, 0.1) is 0 Å². The molecule has 0 radical (unpaired) electrons. The number of hydrogen-bond acceptors (Lipinski definition) is 5. The standard InChI is InChI=1S/C16H13BrN4O2S/c17-11-5-6-14(22)10(7-11)8-18-21-15(23)9-24-16-19-12-3-1-2-4-13(12)20-16/h1-8,22H,9H2,(H,19,20)(H,21,23)/b18-8-. The fraction of sp³-hybridized carbons (Fsp3) is 0.0625. The highest BCUT2D eigenvalue weighted by atomic mass is 79.9. The summed E-state index contributed by atoms with van der Waals surface area (Å²) in [6.07, 6.45) is 1.39. The Labute approximate surface area is 150 Å². The highest BCUT2D eigenvalue weighted by Crippen LogP contribution is 2.20. The van der Waals surface area contributed by atoms with Crippen molar-refractivity contribution >= 4 is 50.8 Å². The summed E-state index contributed by atoms with van der Waals surface area (Å²) in [5.41, 5.74) is 4.73. The van der Waals surface area contributed by atoms with Gasteiger partial charge in [-0.25, -0.2) is 10.4 Å². The van der Waals surface area contributed by atoms with Gasteiger partial charge in [0.1, 0.15) is 5.75 Å². The number of thioether (sulfide) groups is 1. The summed E-state index contributed by atoms with van der Waals surface area (Å²) in [6, 6.07) is 12.6. The largest absolute Gasteiger partial charge is 0.507 e. The van der Waals surface area contributed by atoms with Crippen LogP contribution in [-0.2, 0) is 4.79 Å². The zero-order valence-corrected chi connectivity index (χ0v) is 14.8. The van der Waals surface area contributed by atoms with Gasteiger partial charge in [-0.1, -0.05) is 39.8 Å². The molecule has 0 bridgehead atoms. The highest BCUT2D eigenvalue weighted by Gasteiger charge is 2.06. The van der Waals surface area contributed by atoms with Crippen molar-refractivity contribution in [1.29, 1.82) is 0 Å². The van der Waals surface area contributed by atoms with E-state index in [1.54, 1.807) is 18.2 Å². The van der Waals surface area contributed by atoms with Crippen molar-refractivity contribution in [3.63, 3.8) is 0 Å². The van der Waals surface area contributed by atoms with E-state index >= 15 is 0 Å². The number of para-hydroxylation sites is 2. The van der Waals surface area contributed by atoms with Crippen LogP contribution < -0.4 is 5.43 Å². The fourth-order valence-electron chi connectivity index (χ4n) is 1.97. The number of aromatic amines is 1. The van der Waals surface area contributed by atoms with E-state index in [-0.39, 0.29) is 17.4 Å². The van der Waals surface area contributed by atoms with E-state index in [1.807, 2.05) is 24.3 Å². The smallest absolute Gasteiger partial charge is 0.250 e. The maximum absolute atomic E-state index is 11.8. The quantitative estimate of drug-likeness (QED) is 0.345. The number of hydrazone groups is 1. The number of phenolic OH excluding ortho intramolecular Hbond substituents is 1. The first-order valence-corrected chi connectivity index (χ1v) is 8.77. The predicted molar refractivity (Wildman–Crippen MR) is 98.4 cm³/mol. The molecule has 0 fully saturated rings. The maximum Gasteiger partial charge on any atom is 0.250 e. The molecule has 3 aromatic rings. The lowest BCUT2D eigenvalue weighted by Gasteiger charge is -2.00. The van der Waals surface area contributed by atoms with Crippen molar-refractivity contribution < 1.29 is 9.90 Å². The van der Waals surface area contributed by atoms with Gasteiger partial charge >= 0.3 is 0 Å². The van der Waals surface area contributed by atoms with E-state index in [9.17, 15) is 9.90 Å². The normalized spacial score (nSPS) is 11.2. The second kappa shape index (κ2) is 7.50. The zero-order chi connectivity index (χ0) is 16.9. The summed E-state index contributed by atoms with van der Waals surface area (Å²) in [7, 11) is 0. The Morgan fingerprint density at radius 2 is 2.21 bits per heavy atom. The number of amides is 1. The molecule has 0 aliphatic rings. The van der Waals surface area contributed by atoms with Crippen LogP contribution >= 0.6 is 27.7 Å². The van der Waals surface area contributed by atoms with Gasteiger partial charge in [-0.2, -0.15) is 5.10 Å². The first-order chi connectivity index (χ1) is 11.6. The van der Waals surface area contributed by atoms with Crippen molar-refractivity contribution in [2.45, 2.75) is 5.16 Å². The minimum Gasteiger partial charge on any atom is -0.507 e. The zero-order valence-electron chi connectivity index (χ0n) is 12.4. The van der Waals surface area contributed by atoms with Crippen molar-refractivity contribution in [2.75, 3.05) is 5.75 Å². The van der Waals surface area contributed by atoms with Gasteiger partial charge in [0.25, 0.3) is 5.91 Å². The molecule has 122 valence electrons. The molecular weight excluding hydrogens is 392 g/mol. The van der Waals surface area contributed by atoms with E-state index in [2.05, 4.69) is 36.4 Å². The van der Waals surface area contributed by atoms with Crippen LogP contribution in [0.25, 0.3) is 11.0 Å². The number of benzene rings is 2. The monoisotopic (exact) mass is 404 g/mol. The summed E-state index contributed by atoms with van der Waals surface area (Å²) in [5, 5.41) is 14.2. The van der Waals surface area contributed by atoms with Crippen LogP contribution in [0.15, 0.2) is 57.2 Å². The molecular formula is C16H13BrN4O2S. The molecule has 0 aliphatic carbocycles. The van der Waals surface area contributed by atoms with Crippen LogP contribution in [0.4, 0.5) is 0 Å². The van der Waals surface area contributed by atoms with Gasteiger partial charge in [-0.3, -0.25) is 4.79 Å². The average Bonchev–Trinajstić information content (AvgIpc) is 2.99. The number of nitrogens with zero attached hydrogens (tertiary/aromatic N) is 2. The molecule has 1 aromatic heterocycles. The van der Waals surface area contributed by atoms with Gasteiger partial charge in [-0.15, -0.1) is 0 Å². The molecule has 0 spiro atoms. The second-order valence-corrected chi connectivity index (χ2v) is 6.72. The number of aromatic hydroxyl groups is 1. The lowest BCUT2D eigenvalue weighted by Crippen LogP contribution is -2.19. The van der Waals surface area contributed by atoms with Gasteiger partial charge in [0.15, 0.2) is 5.16 Å². The number of halogens is 1. The number of aromatic nitrogens is 2. The number of fused-ring (bicyclic) bond motifs is 1. The van der Waals surface area contributed by atoms with Crippen molar-refractivity contribution in [3.05, 3.63) is 52.5 Å². The molecule has 0 saturated heterocycles. The number of carbonyl (C=O) groups excluding carboxylic acids is 1. The Hall–Kier alpha value is -2.32. The Morgan fingerprint density at radius 3 is 3.04 bits per heavy atom. The third kappa shape index (κ3) is 4.15. The van der Waals surface area contributed by atoms with Gasteiger partial charge in [-0.05, 0) is 30.3 Å². The van der Waals surface area contributed by atoms with E-state index < -0.39 is 0 Å². The molecule has 1 heterocycles. The average molecular weight is 405 g/mol. The number of H-pyrrole nitrogens is 1. The van der Waals surface area contributed by atoms with E-state index in [4.69, 9.17) is 0 Å². The summed E-state index contributed by atoms with van der Waals surface area (Å²) in [6.45, 7) is 0. The van der Waals surface area contributed by atoms with Gasteiger partial charge in [0, 0.05) is 10.0 Å². The van der Waals surface area contributed by atoms with E-state index in [0.29, 0.717) is 10.7 Å². The molecule has 2 aromatic carbocycles. The first-order valence-electron chi connectivity index (χ1n) is 7.00. The van der Waals surface area contributed by atoms with E-state index in [0.717, 1.165) is 15.5 Å². The lowest BCUT2D eigenvalue weighted by molar-refractivity contribution is -0.118. The summed E-state index contributed by atoms with van der Waals surface area (Å²) < 4.78 is 0.813.